The van der Waals surface area contributed by atoms with E-state index < -0.39 is 5.56 Å². The van der Waals surface area contributed by atoms with E-state index in [1.807, 2.05) is 47.9 Å². The normalized spacial score (nSPS) is 14.6. The Kier molecular flexibility index (Phi) is 6.16. The number of anilines is 2. The van der Waals surface area contributed by atoms with E-state index in [1.165, 1.54) is 0 Å². The van der Waals surface area contributed by atoms with Gasteiger partial charge in [0.15, 0.2) is 0 Å². The summed E-state index contributed by atoms with van der Waals surface area (Å²) in [5.74, 6) is 0.460. The Balaban J connectivity index is 1.91. The second-order valence-electron chi connectivity index (χ2n) is 6.25. The van der Waals surface area contributed by atoms with Gasteiger partial charge in [-0.25, -0.2) is 15.1 Å². The molecule has 0 spiro atoms. The number of aliphatic imine (C=N–C) groups is 2. The lowest BCUT2D eigenvalue weighted by molar-refractivity contribution is 0.921. The van der Waals surface area contributed by atoms with Crippen LogP contribution in [0.4, 0.5) is 11.4 Å². The fraction of sp³-hybridized carbons (Fsp3) is 0.263. The Labute approximate surface area is 173 Å². The van der Waals surface area contributed by atoms with Gasteiger partial charge >= 0.3 is 0 Å². The van der Waals surface area contributed by atoms with Crippen molar-refractivity contribution in [2.24, 2.45) is 9.98 Å². The quantitative estimate of drug-likeness (QED) is 0.605. The van der Waals surface area contributed by atoms with Crippen LogP contribution >= 0.6 is 23.2 Å². The summed E-state index contributed by atoms with van der Waals surface area (Å²) in [6.45, 7) is 9.35. The van der Waals surface area contributed by atoms with Crippen LogP contribution in [0.2, 0.25) is 10.0 Å². The molecule has 0 unspecified atom stereocenters. The van der Waals surface area contributed by atoms with Crippen LogP contribution in [-0.2, 0) is 0 Å². The predicted molar refractivity (Wildman–Crippen MR) is 116 cm³/mol. The predicted octanol–water partition coefficient (Wildman–Crippen LogP) is 3.75. The lowest BCUT2D eigenvalue weighted by Gasteiger charge is -2.23. The molecule has 2 aromatic rings. The molecule has 0 saturated carbocycles. The maximum absolute atomic E-state index is 11.7. The van der Waals surface area contributed by atoms with Gasteiger partial charge < -0.3 is 9.80 Å². The topological polar surface area (TPSA) is 77.0 Å². The average Bonchev–Trinajstić information content (AvgIpc) is 3.05. The van der Waals surface area contributed by atoms with E-state index in [9.17, 15) is 4.79 Å². The summed E-state index contributed by atoms with van der Waals surface area (Å²) in [5, 5.41) is 6.89. The molecule has 0 radical (unpaired) electrons. The summed E-state index contributed by atoms with van der Waals surface area (Å²) in [6.07, 6.45) is 1.54. The summed E-state index contributed by atoms with van der Waals surface area (Å²) in [7, 11) is 0. The van der Waals surface area contributed by atoms with Crippen molar-refractivity contribution in [2.45, 2.75) is 13.8 Å². The highest BCUT2D eigenvalue weighted by Crippen LogP contribution is 2.30. The van der Waals surface area contributed by atoms with Gasteiger partial charge in [-0.05, 0) is 38.3 Å². The molecule has 1 aliphatic heterocycles. The van der Waals surface area contributed by atoms with Crippen LogP contribution < -0.4 is 15.4 Å². The Morgan fingerprint density at radius 2 is 2.11 bits per heavy atom. The highest BCUT2D eigenvalue weighted by Gasteiger charge is 2.24. The lowest BCUT2D eigenvalue weighted by Crippen LogP contribution is -2.30. The van der Waals surface area contributed by atoms with Crippen LogP contribution in [0.5, 0.6) is 0 Å². The van der Waals surface area contributed by atoms with Crippen LogP contribution in [0, 0.1) is 0 Å². The van der Waals surface area contributed by atoms with E-state index in [-0.39, 0.29) is 5.02 Å². The Morgan fingerprint density at radius 1 is 1.36 bits per heavy atom. The number of nitrogens with one attached hydrogen (secondary N) is 1. The summed E-state index contributed by atoms with van der Waals surface area (Å²) < 4.78 is 0. The minimum atomic E-state index is -0.418. The van der Waals surface area contributed by atoms with E-state index >= 15 is 0 Å². The molecule has 0 saturated heterocycles. The number of aromatic amines is 1. The number of H-pyrrole nitrogens is 1. The summed E-state index contributed by atoms with van der Waals surface area (Å²) in [6, 6.07) is 7.52. The van der Waals surface area contributed by atoms with Crippen LogP contribution in [-0.4, -0.2) is 42.5 Å². The van der Waals surface area contributed by atoms with Crippen molar-refractivity contribution in [3.05, 3.63) is 62.1 Å². The fourth-order valence-electron chi connectivity index (χ4n) is 3.04. The van der Waals surface area contributed by atoms with Crippen molar-refractivity contribution in [1.29, 1.82) is 0 Å². The molecule has 28 heavy (non-hydrogen) atoms. The first-order valence-electron chi connectivity index (χ1n) is 8.70. The van der Waals surface area contributed by atoms with Crippen molar-refractivity contribution in [1.82, 2.24) is 10.2 Å². The third-order valence-electron chi connectivity index (χ3n) is 4.46. The zero-order valence-electron chi connectivity index (χ0n) is 15.6. The van der Waals surface area contributed by atoms with Crippen molar-refractivity contribution < 1.29 is 0 Å². The second kappa shape index (κ2) is 8.58. The molecule has 1 aromatic carbocycles. The molecule has 0 aliphatic carbocycles. The van der Waals surface area contributed by atoms with Gasteiger partial charge in [0.1, 0.15) is 5.02 Å². The summed E-state index contributed by atoms with van der Waals surface area (Å²) >= 11 is 12.5. The molecule has 7 nitrogen and oxygen atoms in total. The van der Waals surface area contributed by atoms with Gasteiger partial charge in [0.2, 0.25) is 5.96 Å². The van der Waals surface area contributed by atoms with Gasteiger partial charge in [0.05, 0.1) is 34.8 Å². The molecule has 2 heterocycles. The first-order valence-corrected chi connectivity index (χ1v) is 9.46. The second-order valence-corrected chi connectivity index (χ2v) is 7.03. The Morgan fingerprint density at radius 3 is 2.79 bits per heavy atom. The number of benzene rings is 1. The zero-order chi connectivity index (χ0) is 20.3. The molecule has 1 N–H and O–H groups in total. The molecule has 146 valence electrons. The highest BCUT2D eigenvalue weighted by molar-refractivity contribution is 6.34. The minimum Gasteiger partial charge on any atom is -0.359 e. The third-order valence-corrected chi connectivity index (χ3v) is 5.14. The average molecular weight is 419 g/mol. The SMILES string of the molecule is C=NC(=NC1=C(C)CN(c2cn[nH]c(=O)c2Cl)C1)N(CC)c1ccccc1Cl. The first-order chi connectivity index (χ1) is 13.5. The van der Waals surface area contributed by atoms with Crippen LogP contribution in [0.15, 0.2) is 56.5 Å². The van der Waals surface area contributed by atoms with Crippen molar-refractivity contribution in [3.8, 4) is 0 Å². The molecule has 0 bridgehead atoms. The van der Waals surface area contributed by atoms with Crippen molar-refractivity contribution in [2.75, 3.05) is 29.4 Å². The number of aromatic nitrogens is 2. The van der Waals surface area contributed by atoms with Gasteiger partial charge in [-0.3, -0.25) is 4.79 Å². The lowest BCUT2D eigenvalue weighted by atomic mass is 10.3. The van der Waals surface area contributed by atoms with E-state index in [0.29, 0.717) is 36.3 Å². The van der Waals surface area contributed by atoms with E-state index in [4.69, 9.17) is 28.2 Å². The molecule has 0 amide bonds. The van der Waals surface area contributed by atoms with E-state index in [0.717, 1.165) is 17.0 Å². The van der Waals surface area contributed by atoms with Crippen molar-refractivity contribution >= 4 is 47.3 Å². The zero-order valence-corrected chi connectivity index (χ0v) is 17.1. The van der Waals surface area contributed by atoms with Gasteiger partial charge in [0, 0.05) is 13.1 Å². The largest absolute Gasteiger partial charge is 0.359 e. The van der Waals surface area contributed by atoms with Gasteiger partial charge in [-0.15, -0.1) is 0 Å². The first kappa shape index (κ1) is 20.1. The number of nitrogens with zero attached hydrogens (tertiary/aromatic N) is 5. The molecule has 1 aromatic heterocycles. The van der Waals surface area contributed by atoms with E-state index in [2.05, 4.69) is 21.9 Å². The standard InChI is InChI=1S/C19H20Cl2N6O/c1-4-27(15-8-6-5-7-13(15)20)19(22-3)24-14-11-26(10-12(14)2)16-9-23-25-18(28)17(16)21/h5-9H,3-4,10-11H2,1-2H3,(H,25,28). The molecular weight excluding hydrogens is 399 g/mol. The molecule has 9 heteroatoms. The monoisotopic (exact) mass is 418 g/mol. The summed E-state index contributed by atoms with van der Waals surface area (Å²) in [5.41, 5.74) is 2.85. The number of hydrogen-bond donors (Lipinski definition) is 1. The number of guanidine groups is 1. The Hall–Kier alpha value is -2.64. The van der Waals surface area contributed by atoms with Crippen molar-refractivity contribution in [3.63, 3.8) is 0 Å². The van der Waals surface area contributed by atoms with E-state index in [1.54, 1.807) is 6.20 Å². The fourth-order valence-corrected chi connectivity index (χ4v) is 3.49. The molecule has 1 aliphatic rings. The molecule has 0 atom stereocenters. The maximum atomic E-state index is 11.7. The Bertz CT molecular complexity index is 1010. The number of halogens is 2. The number of rotatable bonds is 4. The minimum absolute atomic E-state index is 0.112. The summed E-state index contributed by atoms with van der Waals surface area (Å²) in [4.78, 5) is 24.5. The van der Waals surface area contributed by atoms with Crippen LogP contribution in [0.25, 0.3) is 0 Å². The smallest absolute Gasteiger partial charge is 0.285 e. The number of hydrogen-bond acceptors (Lipinski definition) is 4. The van der Waals surface area contributed by atoms with Crippen LogP contribution in [0.1, 0.15) is 13.8 Å². The van der Waals surface area contributed by atoms with Gasteiger partial charge in [-0.1, -0.05) is 35.3 Å². The number of para-hydroxylation sites is 1. The molecule has 3 rings (SSSR count). The van der Waals surface area contributed by atoms with Gasteiger partial charge in [0.25, 0.3) is 5.56 Å². The molecular formula is C19H20Cl2N6O. The maximum Gasteiger partial charge on any atom is 0.285 e. The molecule has 0 fully saturated rings. The van der Waals surface area contributed by atoms with Crippen LogP contribution in [0.3, 0.4) is 0 Å². The third kappa shape index (κ3) is 3.95. The van der Waals surface area contributed by atoms with Gasteiger partial charge in [-0.2, -0.15) is 5.10 Å². The highest BCUT2D eigenvalue weighted by atomic mass is 35.5.